The first-order valence-electron chi connectivity index (χ1n) is 5.43. The fourth-order valence-electron chi connectivity index (χ4n) is 2.49. The highest BCUT2D eigenvalue weighted by Gasteiger charge is 2.47. The Balaban J connectivity index is 2.68. The van der Waals surface area contributed by atoms with Gasteiger partial charge in [-0.1, -0.05) is 26.2 Å². The molecule has 1 fully saturated rings. The van der Waals surface area contributed by atoms with E-state index in [1.165, 1.54) is 19.3 Å². The second kappa shape index (κ2) is 4.33. The zero-order valence-corrected chi connectivity index (χ0v) is 9.61. The van der Waals surface area contributed by atoms with E-state index in [9.17, 15) is 0 Å². The molecule has 2 heteroatoms. The topological polar surface area (TPSA) is 38.0 Å². The fraction of sp³-hybridized carbons (Fsp3) is 0.833. The lowest BCUT2D eigenvalue weighted by molar-refractivity contribution is 0.170. The van der Waals surface area contributed by atoms with Gasteiger partial charge in [-0.2, -0.15) is 0 Å². The van der Waals surface area contributed by atoms with Gasteiger partial charge in [0.15, 0.2) is 0 Å². The van der Waals surface area contributed by atoms with Crippen molar-refractivity contribution in [2.45, 2.75) is 45.6 Å². The van der Waals surface area contributed by atoms with Crippen LogP contribution in [0, 0.1) is 17.3 Å². The molecule has 2 nitrogen and oxygen atoms in total. The van der Waals surface area contributed by atoms with Gasteiger partial charge in [0, 0.05) is 12.1 Å². The molecule has 0 aromatic rings. The zero-order valence-electron chi connectivity index (χ0n) is 9.61. The maximum Gasteiger partial charge on any atom is 0.0581 e. The minimum Gasteiger partial charge on any atom is -0.329 e. The van der Waals surface area contributed by atoms with E-state index in [1.54, 1.807) is 0 Å². The van der Waals surface area contributed by atoms with E-state index in [1.807, 2.05) is 6.92 Å². The molecule has 3 N–H and O–H groups in total. The van der Waals surface area contributed by atoms with Crippen molar-refractivity contribution in [1.82, 2.24) is 5.32 Å². The van der Waals surface area contributed by atoms with E-state index in [-0.39, 0.29) is 5.54 Å². The zero-order chi connectivity index (χ0) is 10.7. The average molecular weight is 194 g/mol. The summed E-state index contributed by atoms with van der Waals surface area (Å²) in [5, 5.41) is 3.54. The van der Waals surface area contributed by atoms with Gasteiger partial charge in [-0.05, 0) is 25.2 Å². The molecule has 0 heterocycles. The molecule has 1 rings (SSSR count). The van der Waals surface area contributed by atoms with Crippen molar-refractivity contribution in [3.8, 4) is 11.8 Å². The average Bonchev–Trinajstić information content (AvgIpc) is 2.43. The standard InChI is InChI=1S/C12H22N2/c1-4-5-9-14-12(10-13)8-6-7-11(12,2)3/h14H,6-10,13H2,1-3H3. The molecule has 1 unspecified atom stereocenters. The van der Waals surface area contributed by atoms with Gasteiger partial charge in [0.05, 0.1) is 6.54 Å². The van der Waals surface area contributed by atoms with Crippen LogP contribution in [0.25, 0.3) is 0 Å². The molecule has 0 bridgehead atoms. The van der Waals surface area contributed by atoms with Crippen molar-refractivity contribution in [2.24, 2.45) is 11.1 Å². The van der Waals surface area contributed by atoms with E-state index in [0.717, 1.165) is 6.54 Å². The van der Waals surface area contributed by atoms with Crippen molar-refractivity contribution < 1.29 is 0 Å². The second-order valence-electron chi connectivity index (χ2n) is 4.80. The Morgan fingerprint density at radius 1 is 1.36 bits per heavy atom. The minimum atomic E-state index is 0.108. The van der Waals surface area contributed by atoms with Crippen LogP contribution in [-0.2, 0) is 0 Å². The predicted octanol–water partition coefficient (Wildman–Crippen LogP) is 1.51. The number of hydrogen-bond donors (Lipinski definition) is 2. The van der Waals surface area contributed by atoms with Gasteiger partial charge < -0.3 is 5.73 Å². The maximum absolute atomic E-state index is 5.92. The highest BCUT2D eigenvalue weighted by atomic mass is 15.0. The van der Waals surface area contributed by atoms with Crippen LogP contribution < -0.4 is 11.1 Å². The fourth-order valence-corrected chi connectivity index (χ4v) is 2.49. The minimum absolute atomic E-state index is 0.108. The maximum atomic E-state index is 5.92. The molecule has 0 amide bonds. The Bertz CT molecular complexity index is 247. The van der Waals surface area contributed by atoms with Crippen LogP contribution in [0.3, 0.4) is 0 Å². The second-order valence-corrected chi connectivity index (χ2v) is 4.80. The molecule has 1 atom stereocenters. The monoisotopic (exact) mass is 194 g/mol. The van der Waals surface area contributed by atoms with Crippen LogP contribution >= 0.6 is 0 Å². The molecule has 1 aliphatic rings. The normalized spacial score (nSPS) is 29.7. The van der Waals surface area contributed by atoms with Crippen LogP contribution in [0.15, 0.2) is 0 Å². The molecule has 0 aromatic carbocycles. The Morgan fingerprint density at radius 3 is 2.50 bits per heavy atom. The number of nitrogens with one attached hydrogen (secondary N) is 1. The first-order chi connectivity index (χ1) is 6.58. The number of nitrogens with two attached hydrogens (primary N) is 1. The van der Waals surface area contributed by atoms with Gasteiger partial charge >= 0.3 is 0 Å². The Labute approximate surface area is 87.6 Å². The van der Waals surface area contributed by atoms with Gasteiger partial charge in [-0.15, -0.1) is 5.92 Å². The molecular formula is C12H22N2. The predicted molar refractivity (Wildman–Crippen MR) is 60.9 cm³/mol. The van der Waals surface area contributed by atoms with E-state index >= 15 is 0 Å². The van der Waals surface area contributed by atoms with Crippen LogP contribution in [0.5, 0.6) is 0 Å². The third-order valence-corrected chi connectivity index (χ3v) is 3.74. The van der Waals surface area contributed by atoms with Gasteiger partial charge in [0.2, 0.25) is 0 Å². The van der Waals surface area contributed by atoms with E-state index in [2.05, 4.69) is 31.0 Å². The molecule has 0 radical (unpaired) electrons. The first-order valence-corrected chi connectivity index (χ1v) is 5.43. The van der Waals surface area contributed by atoms with Gasteiger partial charge in [0.1, 0.15) is 0 Å². The Morgan fingerprint density at radius 2 is 2.07 bits per heavy atom. The molecule has 0 aliphatic heterocycles. The lowest BCUT2D eigenvalue weighted by Crippen LogP contribution is -2.57. The van der Waals surface area contributed by atoms with Crippen LogP contribution in [0.1, 0.15) is 40.0 Å². The van der Waals surface area contributed by atoms with E-state index in [0.29, 0.717) is 12.0 Å². The van der Waals surface area contributed by atoms with Crippen molar-refractivity contribution in [3.05, 3.63) is 0 Å². The van der Waals surface area contributed by atoms with E-state index < -0.39 is 0 Å². The molecular weight excluding hydrogens is 172 g/mol. The Hall–Kier alpha value is -0.520. The van der Waals surface area contributed by atoms with Gasteiger partial charge in [-0.25, -0.2) is 0 Å². The summed E-state index contributed by atoms with van der Waals surface area (Å²) in [6.45, 7) is 7.96. The number of rotatable bonds is 3. The van der Waals surface area contributed by atoms with Crippen LogP contribution in [-0.4, -0.2) is 18.6 Å². The van der Waals surface area contributed by atoms with Crippen molar-refractivity contribution in [2.75, 3.05) is 13.1 Å². The van der Waals surface area contributed by atoms with Crippen LogP contribution in [0.4, 0.5) is 0 Å². The van der Waals surface area contributed by atoms with Crippen LogP contribution in [0.2, 0.25) is 0 Å². The van der Waals surface area contributed by atoms with E-state index in [4.69, 9.17) is 5.73 Å². The van der Waals surface area contributed by atoms with Gasteiger partial charge in [-0.3, -0.25) is 5.32 Å². The number of hydrogen-bond acceptors (Lipinski definition) is 2. The highest BCUT2D eigenvalue weighted by Crippen LogP contribution is 2.45. The summed E-state index contributed by atoms with van der Waals surface area (Å²) in [5.74, 6) is 5.96. The highest BCUT2D eigenvalue weighted by molar-refractivity contribution is 5.08. The van der Waals surface area contributed by atoms with Gasteiger partial charge in [0.25, 0.3) is 0 Å². The Kier molecular flexibility index (Phi) is 3.58. The van der Waals surface area contributed by atoms with Crippen molar-refractivity contribution in [1.29, 1.82) is 0 Å². The summed E-state index contributed by atoms with van der Waals surface area (Å²) < 4.78 is 0. The van der Waals surface area contributed by atoms with Crippen molar-refractivity contribution >= 4 is 0 Å². The summed E-state index contributed by atoms with van der Waals surface area (Å²) in [7, 11) is 0. The molecule has 0 saturated heterocycles. The molecule has 1 aliphatic carbocycles. The largest absolute Gasteiger partial charge is 0.329 e. The summed E-state index contributed by atoms with van der Waals surface area (Å²) in [5.41, 5.74) is 6.33. The molecule has 1 saturated carbocycles. The molecule has 0 aromatic heterocycles. The lowest BCUT2D eigenvalue weighted by Gasteiger charge is -2.41. The molecule has 80 valence electrons. The molecule has 14 heavy (non-hydrogen) atoms. The summed E-state index contributed by atoms with van der Waals surface area (Å²) in [4.78, 5) is 0. The SMILES string of the molecule is CC#CCNC1(CN)CCCC1(C)C. The third-order valence-electron chi connectivity index (χ3n) is 3.74. The summed E-state index contributed by atoms with van der Waals surface area (Å²) >= 11 is 0. The summed E-state index contributed by atoms with van der Waals surface area (Å²) in [6.07, 6.45) is 3.72. The quantitative estimate of drug-likeness (QED) is 0.668. The lowest BCUT2D eigenvalue weighted by atomic mass is 9.75. The van der Waals surface area contributed by atoms with Crippen molar-refractivity contribution in [3.63, 3.8) is 0 Å². The smallest absolute Gasteiger partial charge is 0.0581 e. The first kappa shape index (κ1) is 11.6. The molecule has 0 spiro atoms. The summed E-state index contributed by atoms with van der Waals surface area (Å²) in [6, 6.07) is 0. The third kappa shape index (κ3) is 1.94.